The second kappa shape index (κ2) is 5.70. The highest BCUT2D eigenvalue weighted by Crippen LogP contribution is 1.95. The summed E-state index contributed by atoms with van der Waals surface area (Å²) in [7, 11) is 1.94. The van der Waals surface area contributed by atoms with Gasteiger partial charge in [0.2, 0.25) is 0 Å². The minimum atomic E-state index is 0.377. The first-order chi connectivity index (χ1) is 7.09. The van der Waals surface area contributed by atoms with Crippen molar-refractivity contribution in [3.63, 3.8) is 0 Å². The Morgan fingerprint density at radius 1 is 1.60 bits per heavy atom. The lowest BCUT2D eigenvalue weighted by atomic mass is 10.3. The van der Waals surface area contributed by atoms with Crippen LogP contribution < -0.4 is 10.6 Å². The quantitative estimate of drug-likeness (QED) is 0.747. The predicted octanol–water partition coefficient (Wildman–Crippen LogP) is 0.835. The molecule has 0 atom stereocenters. The number of nitrogens with zero attached hydrogens (tertiary/aromatic N) is 2. The van der Waals surface area contributed by atoms with E-state index < -0.39 is 0 Å². The van der Waals surface area contributed by atoms with Gasteiger partial charge >= 0.3 is 0 Å². The second-order valence-corrected chi connectivity index (χ2v) is 4.16. The Morgan fingerprint density at radius 3 is 2.87 bits per heavy atom. The molecule has 0 radical (unpaired) electrons. The average Bonchev–Trinajstić information content (AvgIpc) is 2.50. The average molecular weight is 226 g/mol. The Hall–Kier alpha value is -1.10. The fourth-order valence-corrected chi connectivity index (χ4v) is 1.60. The zero-order chi connectivity index (χ0) is 11.3. The van der Waals surface area contributed by atoms with Crippen LogP contribution in [0, 0.1) is 0 Å². The molecule has 1 aromatic heterocycles. The van der Waals surface area contributed by atoms with Gasteiger partial charge in [-0.25, -0.2) is 0 Å². The molecule has 0 aliphatic rings. The molecule has 0 spiro atoms. The van der Waals surface area contributed by atoms with Gasteiger partial charge < -0.3 is 10.6 Å². The van der Waals surface area contributed by atoms with E-state index >= 15 is 0 Å². The van der Waals surface area contributed by atoms with Gasteiger partial charge in [0, 0.05) is 37.9 Å². The van der Waals surface area contributed by atoms with Crippen molar-refractivity contribution in [1.82, 2.24) is 20.4 Å². The number of nitrogens with one attached hydrogen (secondary N) is 2. The van der Waals surface area contributed by atoms with E-state index in [0.29, 0.717) is 11.2 Å². The maximum Gasteiger partial charge on any atom is 0.166 e. The number of aromatic nitrogens is 2. The summed E-state index contributed by atoms with van der Waals surface area (Å²) in [6, 6.07) is 2.39. The number of rotatable bonds is 4. The maximum absolute atomic E-state index is 5.11. The van der Waals surface area contributed by atoms with Crippen LogP contribution in [0.25, 0.3) is 0 Å². The lowest BCUT2D eigenvalue weighted by Crippen LogP contribution is -2.40. The van der Waals surface area contributed by atoms with Crippen molar-refractivity contribution in [3.05, 3.63) is 18.0 Å². The molecule has 2 N–H and O–H groups in total. The lowest BCUT2D eigenvalue weighted by Gasteiger charge is -2.12. The van der Waals surface area contributed by atoms with E-state index in [0.717, 1.165) is 13.0 Å². The molecule has 0 bridgehead atoms. The SMILES string of the molecule is CC(C)NC(=S)NCCc1ccnn1C. The van der Waals surface area contributed by atoms with E-state index in [1.165, 1.54) is 5.69 Å². The van der Waals surface area contributed by atoms with Crippen LogP contribution in [-0.4, -0.2) is 27.5 Å². The number of aryl methyl sites for hydroxylation is 1. The summed E-state index contributed by atoms with van der Waals surface area (Å²) in [5.41, 5.74) is 1.20. The van der Waals surface area contributed by atoms with Gasteiger partial charge in [-0.1, -0.05) is 0 Å². The van der Waals surface area contributed by atoms with Gasteiger partial charge in [-0.15, -0.1) is 0 Å². The van der Waals surface area contributed by atoms with Gasteiger partial charge in [0.05, 0.1) is 0 Å². The molecule has 0 amide bonds. The van der Waals surface area contributed by atoms with Gasteiger partial charge in [0.1, 0.15) is 0 Å². The number of thiocarbonyl (C=S) groups is 1. The summed E-state index contributed by atoms with van der Waals surface area (Å²) >= 11 is 5.11. The van der Waals surface area contributed by atoms with E-state index in [1.54, 1.807) is 6.20 Å². The largest absolute Gasteiger partial charge is 0.362 e. The van der Waals surface area contributed by atoms with Crippen molar-refractivity contribution in [1.29, 1.82) is 0 Å². The number of hydrogen-bond acceptors (Lipinski definition) is 2. The zero-order valence-electron chi connectivity index (χ0n) is 9.45. The first kappa shape index (κ1) is 12.0. The van der Waals surface area contributed by atoms with Crippen molar-refractivity contribution in [2.75, 3.05) is 6.54 Å². The van der Waals surface area contributed by atoms with Crippen molar-refractivity contribution < 1.29 is 0 Å². The van der Waals surface area contributed by atoms with Gasteiger partial charge in [0.25, 0.3) is 0 Å². The minimum Gasteiger partial charge on any atom is -0.362 e. The Labute approximate surface area is 96.1 Å². The van der Waals surface area contributed by atoms with Crippen LogP contribution in [0.5, 0.6) is 0 Å². The van der Waals surface area contributed by atoms with Crippen LogP contribution >= 0.6 is 12.2 Å². The van der Waals surface area contributed by atoms with Crippen LogP contribution in [0.15, 0.2) is 12.3 Å². The molecule has 0 saturated heterocycles. The summed E-state index contributed by atoms with van der Waals surface area (Å²) in [4.78, 5) is 0. The van der Waals surface area contributed by atoms with Gasteiger partial charge in [-0.05, 0) is 32.1 Å². The molecule has 0 saturated carbocycles. The van der Waals surface area contributed by atoms with E-state index in [1.807, 2.05) is 17.8 Å². The first-order valence-corrected chi connectivity index (χ1v) is 5.51. The summed E-state index contributed by atoms with van der Waals surface area (Å²) in [6.45, 7) is 4.96. The monoisotopic (exact) mass is 226 g/mol. The van der Waals surface area contributed by atoms with Crippen molar-refractivity contribution in [2.24, 2.45) is 7.05 Å². The molecule has 1 heterocycles. The molecule has 15 heavy (non-hydrogen) atoms. The Morgan fingerprint density at radius 2 is 2.33 bits per heavy atom. The van der Waals surface area contributed by atoms with Gasteiger partial charge in [-0.3, -0.25) is 4.68 Å². The minimum absolute atomic E-state index is 0.377. The van der Waals surface area contributed by atoms with Gasteiger partial charge in [0.15, 0.2) is 5.11 Å². The maximum atomic E-state index is 5.11. The third-order valence-corrected chi connectivity index (χ3v) is 2.27. The molecule has 1 aromatic rings. The number of hydrogen-bond donors (Lipinski definition) is 2. The molecule has 1 rings (SSSR count). The van der Waals surface area contributed by atoms with Crippen LogP contribution in [0.2, 0.25) is 0 Å². The predicted molar refractivity (Wildman–Crippen MR) is 65.8 cm³/mol. The fourth-order valence-electron chi connectivity index (χ4n) is 1.26. The Kier molecular flexibility index (Phi) is 4.55. The van der Waals surface area contributed by atoms with Crippen LogP contribution in [0.3, 0.4) is 0 Å². The molecule has 0 aliphatic heterocycles. The third kappa shape index (κ3) is 4.29. The molecule has 5 heteroatoms. The highest BCUT2D eigenvalue weighted by Gasteiger charge is 2.00. The third-order valence-electron chi connectivity index (χ3n) is 2.01. The highest BCUT2D eigenvalue weighted by atomic mass is 32.1. The van der Waals surface area contributed by atoms with Gasteiger partial charge in [-0.2, -0.15) is 5.10 Å². The topological polar surface area (TPSA) is 41.9 Å². The molecule has 0 fully saturated rings. The van der Waals surface area contributed by atoms with Crippen LogP contribution in [-0.2, 0) is 13.5 Å². The zero-order valence-corrected chi connectivity index (χ0v) is 10.3. The van der Waals surface area contributed by atoms with E-state index in [9.17, 15) is 0 Å². The molecule has 0 aromatic carbocycles. The second-order valence-electron chi connectivity index (χ2n) is 3.75. The van der Waals surface area contributed by atoms with Crippen molar-refractivity contribution in [3.8, 4) is 0 Å². The van der Waals surface area contributed by atoms with Crippen LogP contribution in [0.4, 0.5) is 0 Å². The standard InChI is InChI=1S/C10H18N4S/c1-8(2)13-10(15)11-6-4-9-5-7-12-14(9)3/h5,7-8H,4,6H2,1-3H3,(H2,11,13,15). The Balaban J connectivity index is 2.22. The molecule has 0 unspecified atom stereocenters. The smallest absolute Gasteiger partial charge is 0.166 e. The highest BCUT2D eigenvalue weighted by molar-refractivity contribution is 7.80. The molecule has 4 nitrogen and oxygen atoms in total. The normalized spacial score (nSPS) is 10.4. The Bertz CT molecular complexity index is 319. The van der Waals surface area contributed by atoms with Crippen LogP contribution in [0.1, 0.15) is 19.5 Å². The van der Waals surface area contributed by atoms with Crippen molar-refractivity contribution in [2.45, 2.75) is 26.3 Å². The lowest BCUT2D eigenvalue weighted by molar-refractivity contribution is 0.680. The summed E-state index contributed by atoms with van der Waals surface area (Å²) in [5.74, 6) is 0. The van der Waals surface area contributed by atoms with E-state index in [2.05, 4.69) is 29.6 Å². The fraction of sp³-hybridized carbons (Fsp3) is 0.600. The van der Waals surface area contributed by atoms with E-state index in [4.69, 9.17) is 12.2 Å². The summed E-state index contributed by atoms with van der Waals surface area (Å²) in [5, 5.41) is 11.1. The molecule has 0 aliphatic carbocycles. The van der Waals surface area contributed by atoms with Crippen molar-refractivity contribution >= 4 is 17.3 Å². The van der Waals surface area contributed by atoms with E-state index in [-0.39, 0.29) is 0 Å². The summed E-state index contributed by atoms with van der Waals surface area (Å²) in [6.07, 6.45) is 2.73. The molecular weight excluding hydrogens is 208 g/mol. The first-order valence-electron chi connectivity index (χ1n) is 5.11. The molecular formula is C10H18N4S. The summed E-state index contributed by atoms with van der Waals surface area (Å²) < 4.78 is 1.88. The molecule has 84 valence electrons.